The van der Waals surface area contributed by atoms with Crippen LogP contribution >= 0.6 is 22.7 Å². The number of carbonyl (C=O) groups excluding carboxylic acids is 2. The summed E-state index contributed by atoms with van der Waals surface area (Å²) in [5.74, 6) is 0.163. The summed E-state index contributed by atoms with van der Waals surface area (Å²) in [6.45, 7) is 0. The second kappa shape index (κ2) is 11.4. The largest absolute Gasteiger partial charge is 0.300 e. The predicted octanol–water partition coefficient (Wildman–Crippen LogP) is 3.98. The zero-order chi connectivity index (χ0) is 24.7. The van der Waals surface area contributed by atoms with Crippen molar-refractivity contribution in [3.05, 3.63) is 70.2 Å². The fourth-order valence-electron chi connectivity index (χ4n) is 4.20. The van der Waals surface area contributed by atoms with Crippen LogP contribution < -0.4 is 10.6 Å². The highest BCUT2D eigenvalue weighted by atomic mass is 32.1. The van der Waals surface area contributed by atoms with Crippen LogP contribution in [0, 0.1) is 0 Å². The topological polar surface area (TPSA) is 136 Å². The van der Waals surface area contributed by atoms with Gasteiger partial charge in [0.2, 0.25) is 22.1 Å². The molecule has 1 aliphatic rings. The lowest BCUT2D eigenvalue weighted by Gasteiger charge is -2.25. The van der Waals surface area contributed by atoms with E-state index in [1.54, 1.807) is 12.4 Å². The van der Waals surface area contributed by atoms with Crippen molar-refractivity contribution in [2.45, 2.75) is 50.4 Å². The van der Waals surface area contributed by atoms with Crippen LogP contribution in [-0.4, -0.2) is 42.2 Å². The molecule has 2 amide bonds. The van der Waals surface area contributed by atoms with Crippen molar-refractivity contribution in [2.24, 2.45) is 0 Å². The lowest BCUT2D eigenvalue weighted by Crippen LogP contribution is -2.14. The van der Waals surface area contributed by atoms with Gasteiger partial charge in [0, 0.05) is 35.6 Å². The number of amides is 2. The summed E-state index contributed by atoms with van der Waals surface area (Å²) in [7, 11) is 0. The number of rotatable bonds is 8. The quantitative estimate of drug-likeness (QED) is 0.356. The highest BCUT2D eigenvalue weighted by Gasteiger charge is 2.29. The molecule has 0 aliphatic heterocycles. The zero-order valence-electron chi connectivity index (χ0n) is 19.3. The third-order valence-electron chi connectivity index (χ3n) is 5.88. The minimum absolute atomic E-state index is 0.163. The maximum atomic E-state index is 12.3. The molecule has 0 radical (unpaired) electrons. The fourth-order valence-corrected chi connectivity index (χ4v) is 6.01. The number of nitrogens with one attached hydrogen (secondary N) is 2. The first kappa shape index (κ1) is 24.1. The van der Waals surface area contributed by atoms with E-state index in [-0.39, 0.29) is 36.5 Å². The molecule has 0 bridgehead atoms. The summed E-state index contributed by atoms with van der Waals surface area (Å²) in [6, 6.07) is 11.0. The van der Waals surface area contributed by atoms with Gasteiger partial charge in [-0.15, -0.1) is 20.4 Å². The summed E-state index contributed by atoms with van der Waals surface area (Å²) in [5.41, 5.74) is 1.42. The van der Waals surface area contributed by atoms with Gasteiger partial charge in [-0.1, -0.05) is 41.2 Å². The van der Waals surface area contributed by atoms with E-state index < -0.39 is 0 Å². The summed E-state index contributed by atoms with van der Waals surface area (Å²) in [4.78, 5) is 33.0. The van der Waals surface area contributed by atoms with Crippen LogP contribution in [0.15, 0.2) is 48.8 Å². The Hall–Kier alpha value is -3.64. The average molecular weight is 521 g/mol. The van der Waals surface area contributed by atoms with Gasteiger partial charge in [-0.2, -0.15) is 0 Å². The lowest BCUT2D eigenvalue weighted by atomic mass is 9.82. The number of nitrogens with zero attached hydrogens (tertiary/aromatic N) is 6. The Morgan fingerprint density at radius 2 is 1.25 bits per heavy atom. The van der Waals surface area contributed by atoms with Crippen LogP contribution in [0.5, 0.6) is 0 Å². The normalized spacial score (nSPS) is 17.4. The number of hydrogen-bond acceptors (Lipinski definition) is 10. The van der Waals surface area contributed by atoms with Gasteiger partial charge < -0.3 is 10.6 Å². The molecule has 4 aromatic heterocycles. The summed E-state index contributed by atoms with van der Waals surface area (Å²) in [6.07, 6.45) is 7.67. The van der Waals surface area contributed by atoms with Gasteiger partial charge >= 0.3 is 0 Å². The highest BCUT2D eigenvalue weighted by molar-refractivity contribution is 7.15. The van der Waals surface area contributed by atoms with E-state index in [0.717, 1.165) is 35.7 Å². The monoisotopic (exact) mass is 520 g/mol. The molecule has 4 aromatic rings. The first-order valence-corrected chi connectivity index (χ1v) is 13.3. The molecule has 0 unspecified atom stereocenters. The van der Waals surface area contributed by atoms with E-state index in [4.69, 9.17) is 0 Å². The van der Waals surface area contributed by atoms with E-state index in [0.29, 0.717) is 21.7 Å². The minimum Gasteiger partial charge on any atom is -0.300 e. The Balaban J connectivity index is 1.15. The van der Waals surface area contributed by atoms with Crippen LogP contribution in [0.4, 0.5) is 10.3 Å². The molecule has 2 N–H and O–H groups in total. The third-order valence-corrected chi connectivity index (χ3v) is 7.88. The van der Waals surface area contributed by atoms with Gasteiger partial charge in [0.1, 0.15) is 10.0 Å². The van der Waals surface area contributed by atoms with E-state index in [1.165, 1.54) is 22.7 Å². The number of carbonyl (C=O) groups is 2. The van der Waals surface area contributed by atoms with Crippen molar-refractivity contribution in [2.75, 3.05) is 10.6 Å². The Bertz CT molecular complexity index is 1210. The molecular weight excluding hydrogens is 496 g/mol. The van der Waals surface area contributed by atoms with Gasteiger partial charge in [-0.05, 0) is 43.5 Å². The molecular formula is C24H24N8O2S2. The number of pyridine rings is 2. The van der Waals surface area contributed by atoms with Gasteiger partial charge in [-0.25, -0.2) is 0 Å². The second-order valence-electron chi connectivity index (χ2n) is 8.54. The molecule has 1 saturated carbocycles. The van der Waals surface area contributed by atoms with E-state index >= 15 is 0 Å². The molecule has 1 fully saturated rings. The van der Waals surface area contributed by atoms with Gasteiger partial charge in [0.15, 0.2) is 0 Å². The van der Waals surface area contributed by atoms with Gasteiger partial charge in [0.05, 0.1) is 12.8 Å². The summed E-state index contributed by atoms with van der Waals surface area (Å²) >= 11 is 2.84. The molecule has 0 saturated heterocycles. The second-order valence-corrected chi connectivity index (χ2v) is 10.6. The molecule has 10 nitrogen and oxygen atoms in total. The molecule has 184 valence electrons. The lowest BCUT2D eigenvalue weighted by molar-refractivity contribution is -0.116. The van der Waals surface area contributed by atoms with Crippen molar-refractivity contribution >= 4 is 44.8 Å². The summed E-state index contributed by atoms with van der Waals surface area (Å²) in [5, 5.41) is 25.6. The van der Waals surface area contributed by atoms with Crippen molar-refractivity contribution in [3.63, 3.8) is 0 Å². The average Bonchev–Trinajstić information content (AvgIpc) is 3.55. The highest BCUT2D eigenvalue weighted by Crippen LogP contribution is 2.43. The Labute approximate surface area is 215 Å². The maximum absolute atomic E-state index is 12.3. The molecule has 0 aromatic carbocycles. The first-order valence-electron chi connectivity index (χ1n) is 11.7. The van der Waals surface area contributed by atoms with Crippen molar-refractivity contribution in [3.8, 4) is 0 Å². The smallest absolute Gasteiger partial charge is 0.232 e. The molecule has 2 atom stereocenters. The fraction of sp³-hybridized carbons (Fsp3) is 0.333. The predicted molar refractivity (Wildman–Crippen MR) is 137 cm³/mol. The Kier molecular flexibility index (Phi) is 7.62. The van der Waals surface area contributed by atoms with Crippen LogP contribution in [0.1, 0.15) is 58.9 Å². The van der Waals surface area contributed by atoms with Crippen LogP contribution in [0.3, 0.4) is 0 Å². The summed E-state index contributed by atoms with van der Waals surface area (Å²) < 4.78 is 0. The maximum Gasteiger partial charge on any atom is 0.232 e. The minimum atomic E-state index is -0.163. The Morgan fingerprint density at radius 1 is 0.750 bits per heavy atom. The van der Waals surface area contributed by atoms with Gasteiger partial charge in [-0.3, -0.25) is 19.6 Å². The van der Waals surface area contributed by atoms with E-state index in [2.05, 4.69) is 41.0 Å². The Morgan fingerprint density at radius 3 is 1.69 bits per heavy atom. The van der Waals surface area contributed by atoms with Gasteiger partial charge in [0.25, 0.3) is 0 Å². The molecule has 4 heterocycles. The van der Waals surface area contributed by atoms with Crippen molar-refractivity contribution in [1.82, 2.24) is 30.4 Å². The van der Waals surface area contributed by atoms with E-state index in [1.807, 2.05) is 36.4 Å². The number of hydrogen-bond donors (Lipinski definition) is 2. The first-order chi connectivity index (χ1) is 17.6. The molecule has 12 heteroatoms. The standard InChI is InChI=1S/C24H24N8O2S2/c33-19(13-17-8-1-3-10-25-17)27-23-31-29-21(35-23)15-6-5-7-16(12-15)22-30-32-24(36-22)28-20(34)14-18-9-2-4-11-26-18/h1-4,8-11,15-16H,5-7,12-14H2,(H,27,31,33)(H,28,32,34)/t15-,16-/m0/s1. The molecule has 36 heavy (non-hydrogen) atoms. The molecule has 0 spiro atoms. The van der Waals surface area contributed by atoms with Crippen molar-refractivity contribution < 1.29 is 9.59 Å². The molecule has 1 aliphatic carbocycles. The van der Waals surface area contributed by atoms with Crippen molar-refractivity contribution in [1.29, 1.82) is 0 Å². The zero-order valence-corrected chi connectivity index (χ0v) is 21.0. The number of anilines is 2. The number of aromatic nitrogens is 6. The molecule has 5 rings (SSSR count). The third kappa shape index (κ3) is 6.32. The van der Waals surface area contributed by atoms with Crippen LogP contribution in [0.25, 0.3) is 0 Å². The van der Waals surface area contributed by atoms with Crippen LogP contribution in [-0.2, 0) is 22.4 Å². The SMILES string of the molecule is O=C(Cc1ccccn1)Nc1nnc([C@H]2CCC[C@H](c3nnc(NC(=O)Cc4ccccn4)s3)C2)s1. The van der Waals surface area contributed by atoms with Crippen LogP contribution in [0.2, 0.25) is 0 Å². The van der Waals surface area contributed by atoms with E-state index in [9.17, 15) is 9.59 Å².